The number of aromatic nitrogens is 3. The van der Waals surface area contributed by atoms with Gasteiger partial charge in [-0.15, -0.1) is 0 Å². The lowest BCUT2D eigenvalue weighted by Crippen LogP contribution is -2.42. The van der Waals surface area contributed by atoms with Crippen LogP contribution in [-0.2, 0) is 12.8 Å². The van der Waals surface area contributed by atoms with Gasteiger partial charge in [0.2, 0.25) is 5.88 Å². The van der Waals surface area contributed by atoms with Gasteiger partial charge in [-0.1, -0.05) is 0 Å². The molecule has 6 nitrogen and oxygen atoms in total. The lowest BCUT2D eigenvalue weighted by molar-refractivity contribution is -0.139. The van der Waals surface area contributed by atoms with Crippen LogP contribution in [0.5, 0.6) is 5.88 Å². The summed E-state index contributed by atoms with van der Waals surface area (Å²) in [6, 6.07) is 8.89. The fraction of sp³-hybridized carbons (Fsp3) is 0.250. The highest BCUT2D eigenvalue weighted by molar-refractivity contribution is 6.05. The predicted molar refractivity (Wildman–Crippen MR) is 98.6 cm³/mol. The van der Waals surface area contributed by atoms with Gasteiger partial charge in [-0.3, -0.25) is 9.48 Å². The highest BCUT2D eigenvalue weighted by Gasteiger charge is 2.35. The standard InChI is InChI=1S/C20H16F4N4O2/c1-12-10-27(15-6-4-13(21)5-7-15)19(29)17-9-14(26-28(12)17)11-30-18-16(20(22,23)24)3-2-8-25-18/h2-9,12H,10-11H2,1H3/t12-/m1/s1. The number of rotatable bonds is 4. The normalized spacial score (nSPS) is 16.5. The van der Waals surface area contributed by atoms with Crippen molar-refractivity contribution in [1.82, 2.24) is 14.8 Å². The van der Waals surface area contributed by atoms with Crippen LogP contribution in [0.3, 0.4) is 0 Å². The summed E-state index contributed by atoms with van der Waals surface area (Å²) in [5, 5.41) is 4.31. The molecule has 0 unspecified atom stereocenters. The summed E-state index contributed by atoms with van der Waals surface area (Å²) in [6.07, 6.45) is -3.40. The van der Waals surface area contributed by atoms with Crippen LogP contribution in [0, 0.1) is 5.82 Å². The molecular weight excluding hydrogens is 404 g/mol. The third kappa shape index (κ3) is 3.72. The molecule has 0 saturated heterocycles. The van der Waals surface area contributed by atoms with Crippen molar-refractivity contribution in [3.63, 3.8) is 0 Å². The Hall–Kier alpha value is -3.43. The smallest absolute Gasteiger partial charge is 0.421 e. The number of benzene rings is 1. The first-order valence-corrected chi connectivity index (χ1v) is 9.05. The molecular formula is C20H16F4N4O2. The Morgan fingerprint density at radius 1 is 1.20 bits per heavy atom. The van der Waals surface area contributed by atoms with Crippen molar-refractivity contribution < 1.29 is 27.1 Å². The van der Waals surface area contributed by atoms with Gasteiger partial charge in [-0.25, -0.2) is 9.37 Å². The van der Waals surface area contributed by atoms with Crippen molar-refractivity contribution in [1.29, 1.82) is 0 Å². The fourth-order valence-electron chi connectivity index (χ4n) is 3.28. The number of alkyl halides is 3. The van der Waals surface area contributed by atoms with E-state index in [1.54, 1.807) is 0 Å². The minimum absolute atomic E-state index is 0.197. The first-order chi connectivity index (χ1) is 14.2. The van der Waals surface area contributed by atoms with E-state index in [9.17, 15) is 22.4 Å². The van der Waals surface area contributed by atoms with E-state index in [0.29, 0.717) is 17.9 Å². The molecule has 1 aliphatic heterocycles. The maximum Gasteiger partial charge on any atom is 0.421 e. The van der Waals surface area contributed by atoms with E-state index >= 15 is 0 Å². The monoisotopic (exact) mass is 420 g/mol. The van der Waals surface area contributed by atoms with Crippen molar-refractivity contribution in [2.75, 3.05) is 11.4 Å². The van der Waals surface area contributed by atoms with E-state index in [0.717, 1.165) is 6.07 Å². The fourth-order valence-corrected chi connectivity index (χ4v) is 3.28. The molecule has 1 aliphatic rings. The third-order valence-corrected chi connectivity index (χ3v) is 4.69. The molecule has 1 atom stereocenters. The topological polar surface area (TPSA) is 60.3 Å². The van der Waals surface area contributed by atoms with Gasteiger partial charge in [0.15, 0.2) is 0 Å². The molecule has 30 heavy (non-hydrogen) atoms. The van der Waals surface area contributed by atoms with E-state index in [4.69, 9.17) is 4.74 Å². The van der Waals surface area contributed by atoms with Crippen LogP contribution in [0.1, 0.15) is 34.7 Å². The molecule has 10 heteroatoms. The maximum atomic E-state index is 13.2. The van der Waals surface area contributed by atoms with Crippen LogP contribution in [0.4, 0.5) is 23.2 Å². The van der Waals surface area contributed by atoms with Gasteiger partial charge in [-0.05, 0) is 49.4 Å². The molecule has 0 N–H and O–H groups in total. The first-order valence-electron chi connectivity index (χ1n) is 9.05. The molecule has 156 valence electrons. The van der Waals surface area contributed by atoms with E-state index in [-0.39, 0.29) is 24.2 Å². The highest BCUT2D eigenvalue weighted by Crippen LogP contribution is 2.35. The first kappa shape index (κ1) is 19.9. The minimum atomic E-state index is -4.60. The van der Waals surface area contributed by atoms with Crippen molar-refractivity contribution in [2.24, 2.45) is 0 Å². The Morgan fingerprint density at radius 2 is 1.93 bits per heavy atom. The highest BCUT2D eigenvalue weighted by atomic mass is 19.4. The molecule has 0 saturated carbocycles. The summed E-state index contributed by atoms with van der Waals surface area (Å²) in [5.41, 5.74) is 0.126. The number of pyridine rings is 1. The SMILES string of the molecule is C[C@@H]1CN(c2ccc(F)cc2)C(=O)c2cc(COc3ncccc3C(F)(F)F)nn21. The maximum absolute atomic E-state index is 13.2. The molecule has 3 aromatic rings. The molecule has 0 aliphatic carbocycles. The number of fused-ring (bicyclic) bond motifs is 1. The zero-order chi connectivity index (χ0) is 21.5. The van der Waals surface area contributed by atoms with Gasteiger partial charge in [0.05, 0.1) is 6.04 Å². The zero-order valence-corrected chi connectivity index (χ0v) is 15.7. The van der Waals surface area contributed by atoms with Crippen LogP contribution in [0.2, 0.25) is 0 Å². The second-order valence-electron chi connectivity index (χ2n) is 6.85. The number of carbonyl (C=O) groups is 1. The molecule has 4 rings (SSSR count). The summed E-state index contributed by atoms with van der Waals surface area (Å²) >= 11 is 0. The largest absolute Gasteiger partial charge is 0.471 e. The quantitative estimate of drug-likeness (QED) is 0.593. The Kier molecular flexibility index (Phi) is 4.92. The summed E-state index contributed by atoms with van der Waals surface area (Å²) in [7, 11) is 0. The van der Waals surface area contributed by atoms with Crippen molar-refractivity contribution >= 4 is 11.6 Å². The molecule has 2 aromatic heterocycles. The molecule has 1 aromatic carbocycles. The number of hydrogen-bond donors (Lipinski definition) is 0. The summed E-state index contributed by atoms with van der Waals surface area (Å²) < 4.78 is 59.2. The third-order valence-electron chi connectivity index (χ3n) is 4.69. The van der Waals surface area contributed by atoms with E-state index < -0.39 is 23.4 Å². The summed E-state index contributed by atoms with van der Waals surface area (Å²) in [4.78, 5) is 18.0. The van der Waals surface area contributed by atoms with Crippen LogP contribution in [-0.4, -0.2) is 27.2 Å². The zero-order valence-electron chi connectivity index (χ0n) is 15.7. The number of nitrogens with zero attached hydrogens (tertiary/aromatic N) is 4. The van der Waals surface area contributed by atoms with Gasteiger partial charge in [-0.2, -0.15) is 18.3 Å². The van der Waals surface area contributed by atoms with Gasteiger partial charge in [0, 0.05) is 18.4 Å². The Labute approximate surface area is 168 Å². The number of carbonyl (C=O) groups excluding carboxylic acids is 1. The Bertz CT molecular complexity index is 1080. The molecule has 0 fully saturated rings. The second-order valence-corrected chi connectivity index (χ2v) is 6.85. The van der Waals surface area contributed by atoms with E-state index in [1.807, 2.05) is 6.92 Å². The second kappa shape index (κ2) is 7.43. The van der Waals surface area contributed by atoms with Crippen LogP contribution in [0.25, 0.3) is 0 Å². The van der Waals surface area contributed by atoms with Gasteiger partial charge in [0.1, 0.15) is 29.4 Å². The molecule has 3 heterocycles. The van der Waals surface area contributed by atoms with Crippen molar-refractivity contribution in [2.45, 2.75) is 25.7 Å². The average molecular weight is 420 g/mol. The van der Waals surface area contributed by atoms with E-state index in [1.165, 1.54) is 52.2 Å². The molecule has 0 bridgehead atoms. The number of anilines is 1. The molecule has 0 spiro atoms. The van der Waals surface area contributed by atoms with Crippen molar-refractivity contribution in [3.8, 4) is 5.88 Å². The van der Waals surface area contributed by atoms with Crippen LogP contribution >= 0.6 is 0 Å². The summed E-state index contributed by atoms with van der Waals surface area (Å²) in [5.74, 6) is -1.30. The summed E-state index contributed by atoms with van der Waals surface area (Å²) in [6.45, 7) is 1.89. The number of ether oxygens (including phenoxy) is 1. The lowest BCUT2D eigenvalue weighted by atomic mass is 10.1. The van der Waals surface area contributed by atoms with E-state index in [2.05, 4.69) is 10.1 Å². The number of halogens is 4. The lowest BCUT2D eigenvalue weighted by Gasteiger charge is -2.31. The Morgan fingerprint density at radius 3 is 2.63 bits per heavy atom. The number of hydrogen-bond acceptors (Lipinski definition) is 4. The average Bonchev–Trinajstić information content (AvgIpc) is 3.15. The predicted octanol–water partition coefficient (Wildman–Crippen LogP) is 4.24. The Balaban J connectivity index is 1.56. The van der Waals surface area contributed by atoms with Crippen LogP contribution < -0.4 is 9.64 Å². The minimum Gasteiger partial charge on any atom is -0.471 e. The van der Waals surface area contributed by atoms with Gasteiger partial charge < -0.3 is 9.64 Å². The number of amides is 1. The molecule has 1 amide bonds. The van der Waals surface area contributed by atoms with Crippen LogP contribution in [0.15, 0.2) is 48.7 Å². The molecule has 0 radical (unpaired) electrons. The van der Waals surface area contributed by atoms with Gasteiger partial charge >= 0.3 is 6.18 Å². The van der Waals surface area contributed by atoms with Gasteiger partial charge in [0.25, 0.3) is 5.91 Å². The van der Waals surface area contributed by atoms with Crippen molar-refractivity contribution in [3.05, 3.63) is 71.4 Å².